The van der Waals surface area contributed by atoms with Crippen LogP contribution in [0.4, 0.5) is 0 Å². The highest BCUT2D eigenvalue weighted by Crippen LogP contribution is 2.13. The predicted molar refractivity (Wildman–Crippen MR) is 71.3 cm³/mol. The Labute approximate surface area is 108 Å². The first-order chi connectivity index (χ1) is 8.67. The van der Waals surface area contributed by atoms with E-state index in [0.29, 0.717) is 17.9 Å². The third kappa shape index (κ3) is 4.85. The van der Waals surface area contributed by atoms with Crippen molar-refractivity contribution in [1.82, 2.24) is 4.90 Å². The molecule has 0 saturated carbocycles. The Hall–Kier alpha value is -1.39. The van der Waals surface area contributed by atoms with E-state index >= 15 is 0 Å². The van der Waals surface area contributed by atoms with Crippen LogP contribution >= 0.6 is 0 Å². The second kappa shape index (κ2) is 7.84. The quantitative estimate of drug-likeness (QED) is 0.522. The van der Waals surface area contributed by atoms with Gasteiger partial charge in [-0.2, -0.15) is 0 Å². The number of rotatable bonds is 8. The van der Waals surface area contributed by atoms with Crippen LogP contribution in [0.3, 0.4) is 0 Å². The Morgan fingerprint density at radius 2 is 2.11 bits per heavy atom. The standard InChI is InChI=1S/C14H21NO3/c1-15(8-5-9-17-2)11-14(16)12-6-4-7-13(10-12)18-3/h4,6-7,10H,5,8-9,11H2,1-3H3. The van der Waals surface area contributed by atoms with Gasteiger partial charge in [0.25, 0.3) is 0 Å². The summed E-state index contributed by atoms with van der Waals surface area (Å²) in [5.41, 5.74) is 0.688. The van der Waals surface area contributed by atoms with Crippen molar-refractivity contribution in [1.29, 1.82) is 0 Å². The summed E-state index contributed by atoms with van der Waals surface area (Å²) >= 11 is 0. The molecule has 100 valence electrons. The van der Waals surface area contributed by atoms with Crippen molar-refractivity contribution in [2.75, 3.05) is 41.0 Å². The van der Waals surface area contributed by atoms with Crippen molar-refractivity contribution in [2.24, 2.45) is 0 Å². The van der Waals surface area contributed by atoms with E-state index in [1.807, 2.05) is 30.1 Å². The van der Waals surface area contributed by atoms with Gasteiger partial charge in [0.1, 0.15) is 5.75 Å². The molecule has 0 amide bonds. The summed E-state index contributed by atoms with van der Waals surface area (Å²) in [4.78, 5) is 14.0. The highest BCUT2D eigenvalue weighted by molar-refractivity contribution is 5.97. The lowest BCUT2D eigenvalue weighted by molar-refractivity contribution is 0.0938. The molecule has 0 spiro atoms. The molecule has 0 aliphatic rings. The molecule has 0 saturated heterocycles. The zero-order chi connectivity index (χ0) is 13.4. The largest absolute Gasteiger partial charge is 0.497 e. The number of likely N-dealkylation sites (N-methyl/N-ethyl adjacent to an activating group) is 1. The van der Waals surface area contributed by atoms with Crippen LogP contribution in [0.25, 0.3) is 0 Å². The third-order valence-corrected chi connectivity index (χ3v) is 2.69. The summed E-state index contributed by atoms with van der Waals surface area (Å²) in [6, 6.07) is 7.25. The number of benzene rings is 1. The molecule has 1 rings (SSSR count). The Morgan fingerprint density at radius 3 is 2.78 bits per heavy atom. The number of carbonyl (C=O) groups is 1. The van der Waals surface area contributed by atoms with Crippen molar-refractivity contribution in [3.8, 4) is 5.75 Å². The number of nitrogens with zero attached hydrogens (tertiary/aromatic N) is 1. The van der Waals surface area contributed by atoms with Gasteiger partial charge in [-0.15, -0.1) is 0 Å². The van der Waals surface area contributed by atoms with Gasteiger partial charge < -0.3 is 9.47 Å². The minimum atomic E-state index is 0.105. The van der Waals surface area contributed by atoms with Gasteiger partial charge in [0.15, 0.2) is 5.78 Å². The van der Waals surface area contributed by atoms with Crippen LogP contribution in [0.15, 0.2) is 24.3 Å². The van der Waals surface area contributed by atoms with E-state index in [2.05, 4.69) is 0 Å². The van der Waals surface area contributed by atoms with Gasteiger partial charge in [-0.05, 0) is 25.6 Å². The summed E-state index contributed by atoms with van der Waals surface area (Å²) in [7, 11) is 5.22. The average Bonchev–Trinajstić information content (AvgIpc) is 2.39. The maximum absolute atomic E-state index is 12.0. The van der Waals surface area contributed by atoms with E-state index in [1.165, 1.54) is 0 Å². The lowest BCUT2D eigenvalue weighted by Crippen LogP contribution is -2.27. The number of methoxy groups -OCH3 is 2. The molecule has 1 aromatic carbocycles. The van der Waals surface area contributed by atoms with E-state index in [0.717, 1.165) is 19.6 Å². The first kappa shape index (κ1) is 14.7. The monoisotopic (exact) mass is 251 g/mol. The lowest BCUT2D eigenvalue weighted by atomic mass is 10.1. The topological polar surface area (TPSA) is 38.8 Å². The Balaban J connectivity index is 2.48. The minimum absolute atomic E-state index is 0.105. The highest BCUT2D eigenvalue weighted by Gasteiger charge is 2.09. The van der Waals surface area contributed by atoms with Crippen LogP contribution in [-0.4, -0.2) is 51.6 Å². The molecule has 4 heteroatoms. The smallest absolute Gasteiger partial charge is 0.176 e. The number of Topliss-reactive ketones (excluding diaryl/α,β-unsaturated/α-hetero) is 1. The molecule has 0 N–H and O–H groups in total. The van der Waals surface area contributed by atoms with Gasteiger partial charge in [-0.1, -0.05) is 12.1 Å². The SMILES string of the molecule is COCCCN(C)CC(=O)c1cccc(OC)c1. The van der Waals surface area contributed by atoms with Crippen molar-refractivity contribution in [3.63, 3.8) is 0 Å². The summed E-state index contributed by atoms with van der Waals surface area (Å²) in [6.45, 7) is 1.98. The molecule has 0 heterocycles. The normalized spacial score (nSPS) is 10.7. The first-order valence-corrected chi connectivity index (χ1v) is 6.02. The van der Waals surface area contributed by atoms with Crippen LogP contribution in [0.5, 0.6) is 5.75 Å². The van der Waals surface area contributed by atoms with Crippen LogP contribution in [0, 0.1) is 0 Å². The first-order valence-electron chi connectivity index (χ1n) is 6.02. The molecule has 0 aromatic heterocycles. The second-order valence-electron chi connectivity index (χ2n) is 4.24. The number of hydrogen-bond acceptors (Lipinski definition) is 4. The molecule has 0 fully saturated rings. The zero-order valence-corrected chi connectivity index (χ0v) is 11.3. The Bertz CT molecular complexity index is 379. The molecule has 0 unspecified atom stereocenters. The molecule has 0 aliphatic carbocycles. The van der Waals surface area contributed by atoms with Crippen LogP contribution in [0.2, 0.25) is 0 Å². The van der Waals surface area contributed by atoms with Gasteiger partial charge >= 0.3 is 0 Å². The third-order valence-electron chi connectivity index (χ3n) is 2.69. The van der Waals surface area contributed by atoms with E-state index < -0.39 is 0 Å². The van der Waals surface area contributed by atoms with Crippen molar-refractivity contribution in [3.05, 3.63) is 29.8 Å². The van der Waals surface area contributed by atoms with E-state index in [4.69, 9.17) is 9.47 Å². The van der Waals surface area contributed by atoms with Gasteiger partial charge in [-0.3, -0.25) is 9.69 Å². The molecule has 1 aromatic rings. The molecule has 0 aliphatic heterocycles. The highest BCUT2D eigenvalue weighted by atomic mass is 16.5. The van der Waals surface area contributed by atoms with Gasteiger partial charge in [0.2, 0.25) is 0 Å². The minimum Gasteiger partial charge on any atom is -0.497 e. The van der Waals surface area contributed by atoms with Gasteiger partial charge in [0, 0.05) is 25.8 Å². The number of carbonyl (C=O) groups excluding carboxylic acids is 1. The summed E-state index contributed by atoms with van der Waals surface area (Å²) in [6.07, 6.45) is 0.929. The molecule has 18 heavy (non-hydrogen) atoms. The average molecular weight is 251 g/mol. The van der Waals surface area contributed by atoms with Crippen LogP contribution < -0.4 is 4.74 Å². The Morgan fingerprint density at radius 1 is 1.33 bits per heavy atom. The molecular formula is C14H21NO3. The molecule has 0 radical (unpaired) electrons. The second-order valence-corrected chi connectivity index (χ2v) is 4.24. The fraction of sp³-hybridized carbons (Fsp3) is 0.500. The summed E-state index contributed by atoms with van der Waals surface area (Å²) in [5.74, 6) is 0.816. The predicted octanol–water partition coefficient (Wildman–Crippen LogP) is 1.85. The number of ketones is 1. The fourth-order valence-corrected chi connectivity index (χ4v) is 1.69. The lowest BCUT2D eigenvalue weighted by Gasteiger charge is -2.15. The molecule has 0 bridgehead atoms. The van der Waals surface area contributed by atoms with Crippen LogP contribution in [0.1, 0.15) is 16.8 Å². The zero-order valence-electron chi connectivity index (χ0n) is 11.3. The molecular weight excluding hydrogens is 230 g/mol. The maximum Gasteiger partial charge on any atom is 0.176 e. The van der Waals surface area contributed by atoms with E-state index in [1.54, 1.807) is 20.3 Å². The fourth-order valence-electron chi connectivity index (χ4n) is 1.69. The summed E-state index contributed by atoms with van der Waals surface area (Å²) < 4.78 is 10.1. The van der Waals surface area contributed by atoms with Crippen molar-refractivity contribution in [2.45, 2.75) is 6.42 Å². The molecule has 4 nitrogen and oxygen atoms in total. The summed E-state index contributed by atoms with van der Waals surface area (Å²) in [5, 5.41) is 0. The van der Waals surface area contributed by atoms with E-state index in [9.17, 15) is 4.79 Å². The number of hydrogen-bond donors (Lipinski definition) is 0. The van der Waals surface area contributed by atoms with Gasteiger partial charge in [-0.25, -0.2) is 0 Å². The maximum atomic E-state index is 12.0. The van der Waals surface area contributed by atoms with Crippen molar-refractivity contribution < 1.29 is 14.3 Å². The molecule has 0 atom stereocenters. The van der Waals surface area contributed by atoms with Crippen molar-refractivity contribution >= 4 is 5.78 Å². The van der Waals surface area contributed by atoms with Crippen LogP contribution in [-0.2, 0) is 4.74 Å². The Kier molecular flexibility index (Phi) is 6.39. The van der Waals surface area contributed by atoms with Gasteiger partial charge in [0.05, 0.1) is 13.7 Å². The number of ether oxygens (including phenoxy) is 2. The van der Waals surface area contributed by atoms with E-state index in [-0.39, 0.29) is 5.78 Å².